The molecule has 0 amide bonds. The molecule has 92 valence electrons. The van der Waals surface area contributed by atoms with Gasteiger partial charge in [0, 0.05) is 11.9 Å². The molecule has 0 bridgehead atoms. The molecule has 0 aliphatic heterocycles. The lowest BCUT2D eigenvalue weighted by molar-refractivity contribution is 0.159. The molecule has 2 N–H and O–H groups in total. The third-order valence-electron chi connectivity index (χ3n) is 3.06. The molecule has 0 saturated heterocycles. The van der Waals surface area contributed by atoms with Gasteiger partial charge in [0.05, 0.1) is 6.10 Å². The van der Waals surface area contributed by atoms with Gasteiger partial charge in [-0.2, -0.15) is 0 Å². The van der Waals surface area contributed by atoms with Crippen LogP contribution in [0.3, 0.4) is 0 Å². The van der Waals surface area contributed by atoms with Crippen LogP contribution >= 0.6 is 0 Å². The molecule has 0 fully saturated rings. The molecule has 0 spiro atoms. The Kier molecular flexibility index (Phi) is 6.98. The van der Waals surface area contributed by atoms with Gasteiger partial charge in [0.1, 0.15) is 0 Å². The first-order valence-electron chi connectivity index (χ1n) is 6.66. The SMILES string of the molecule is CCCCCCCCCC(O)c1ccc[nH]1. The largest absolute Gasteiger partial charge is 0.387 e. The number of rotatable bonds is 9. The third kappa shape index (κ3) is 5.36. The van der Waals surface area contributed by atoms with Crippen molar-refractivity contribution in [3.8, 4) is 0 Å². The van der Waals surface area contributed by atoms with Gasteiger partial charge >= 0.3 is 0 Å². The predicted molar refractivity (Wildman–Crippen MR) is 68.4 cm³/mol. The Hall–Kier alpha value is -0.760. The number of aromatic amines is 1. The van der Waals surface area contributed by atoms with Gasteiger partial charge in [0.2, 0.25) is 0 Å². The molecule has 0 radical (unpaired) electrons. The lowest BCUT2D eigenvalue weighted by atomic mass is 10.1. The molecule has 1 heterocycles. The summed E-state index contributed by atoms with van der Waals surface area (Å²) in [7, 11) is 0. The minimum atomic E-state index is -0.300. The van der Waals surface area contributed by atoms with E-state index in [-0.39, 0.29) is 6.10 Å². The van der Waals surface area contributed by atoms with Crippen LogP contribution in [-0.4, -0.2) is 10.1 Å². The third-order valence-corrected chi connectivity index (χ3v) is 3.06. The molecule has 1 rings (SSSR count). The minimum Gasteiger partial charge on any atom is -0.387 e. The van der Waals surface area contributed by atoms with E-state index in [4.69, 9.17) is 0 Å². The molecule has 0 aromatic carbocycles. The Morgan fingerprint density at radius 3 is 2.44 bits per heavy atom. The van der Waals surface area contributed by atoms with Gasteiger partial charge in [-0.25, -0.2) is 0 Å². The van der Waals surface area contributed by atoms with Gasteiger partial charge in [-0.05, 0) is 18.6 Å². The molecular weight excluding hydrogens is 198 g/mol. The second kappa shape index (κ2) is 8.40. The van der Waals surface area contributed by atoms with Crippen molar-refractivity contribution in [2.24, 2.45) is 0 Å². The summed E-state index contributed by atoms with van der Waals surface area (Å²) in [5.41, 5.74) is 0.950. The zero-order chi connectivity index (χ0) is 11.6. The molecule has 0 aliphatic carbocycles. The van der Waals surface area contributed by atoms with E-state index in [1.54, 1.807) is 0 Å². The van der Waals surface area contributed by atoms with Crippen LogP contribution in [0, 0.1) is 0 Å². The molecule has 2 heteroatoms. The van der Waals surface area contributed by atoms with Crippen molar-refractivity contribution in [1.29, 1.82) is 0 Å². The summed E-state index contributed by atoms with van der Waals surface area (Å²) in [6, 6.07) is 3.88. The molecule has 1 atom stereocenters. The highest BCUT2D eigenvalue weighted by molar-refractivity contribution is 5.06. The van der Waals surface area contributed by atoms with Gasteiger partial charge in [0.25, 0.3) is 0 Å². The van der Waals surface area contributed by atoms with Gasteiger partial charge in [-0.15, -0.1) is 0 Å². The standard InChI is InChI=1S/C14H25NO/c1-2-3-4-5-6-7-8-11-14(16)13-10-9-12-15-13/h9-10,12,14-16H,2-8,11H2,1H3. The highest BCUT2D eigenvalue weighted by Crippen LogP contribution is 2.18. The van der Waals surface area contributed by atoms with Crippen LogP contribution in [-0.2, 0) is 0 Å². The minimum absolute atomic E-state index is 0.300. The maximum Gasteiger partial charge on any atom is 0.0937 e. The summed E-state index contributed by atoms with van der Waals surface area (Å²) < 4.78 is 0. The smallest absolute Gasteiger partial charge is 0.0937 e. The molecule has 0 aliphatic rings. The number of hydrogen-bond acceptors (Lipinski definition) is 1. The Balaban J connectivity index is 1.95. The van der Waals surface area contributed by atoms with Crippen molar-refractivity contribution in [1.82, 2.24) is 4.98 Å². The number of H-pyrrole nitrogens is 1. The van der Waals surface area contributed by atoms with Crippen LogP contribution < -0.4 is 0 Å². The zero-order valence-corrected chi connectivity index (χ0v) is 10.4. The van der Waals surface area contributed by atoms with Crippen LogP contribution in [0.15, 0.2) is 18.3 Å². The number of aliphatic hydroxyl groups is 1. The van der Waals surface area contributed by atoms with Gasteiger partial charge in [-0.1, -0.05) is 51.9 Å². The molecule has 0 saturated carbocycles. The highest BCUT2D eigenvalue weighted by atomic mass is 16.3. The lowest BCUT2D eigenvalue weighted by Crippen LogP contribution is -1.97. The van der Waals surface area contributed by atoms with Crippen molar-refractivity contribution < 1.29 is 5.11 Å². The number of aromatic nitrogens is 1. The van der Waals surface area contributed by atoms with Crippen LogP contribution in [0.1, 0.15) is 70.1 Å². The van der Waals surface area contributed by atoms with Crippen LogP contribution in [0.4, 0.5) is 0 Å². The van der Waals surface area contributed by atoms with Crippen molar-refractivity contribution in [3.05, 3.63) is 24.0 Å². The maximum absolute atomic E-state index is 9.82. The Morgan fingerprint density at radius 1 is 1.12 bits per heavy atom. The molecule has 16 heavy (non-hydrogen) atoms. The number of aliphatic hydroxyl groups excluding tert-OH is 1. The fourth-order valence-corrected chi connectivity index (χ4v) is 2.00. The Morgan fingerprint density at radius 2 is 1.81 bits per heavy atom. The first kappa shape index (κ1) is 13.3. The van der Waals surface area contributed by atoms with E-state index in [0.717, 1.165) is 18.5 Å². The fraction of sp³-hybridized carbons (Fsp3) is 0.714. The Bertz CT molecular complexity index is 243. The van der Waals surface area contributed by atoms with Crippen molar-refractivity contribution >= 4 is 0 Å². The zero-order valence-electron chi connectivity index (χ0n) is 10.4. The second-order valence-corrected chi connectivity index (χ2v) is 4.55. The molecule has 2 nitrogen and oxygen atoms in total. The van der Waals surface area contributed by atoms with Crippen molar-refractivity contribution in [2.45, 2.75) is 64.4 Å². The lowest BCUT2D eigenvalue weighted by Gasteiger charge is -2.08. The first-order chi connectivity index (χ1) is 7.84. The normalized spacial score (nSPS) is 12.9. The quantitative estimate of drug-likeness (QED) is 0.605. The summed E-state index contributed by atoms with van der Waals surface area (Å²) in [4.78, 5) is 3.06. The van der Waals surface area contributed by atoms with E-state index >= 15 is 0 Å². The average molecular weight is 223 g/mol. The summed E-state index contributed by atoms with van der Waals surface area (Å²) in [6.07, 6.45) is 11.5. The maximum atomic E-state index is 9.82. The van der Waals surface area contributed by atoms with E-state index in [1.165, 1.54) is 38.5 Å². The molecule has 1 aromatic heterocycles. The van der Waals surface area contributed by atoms with Crippen LogP contribution in [0.2, 0.25) is 0 Å². The van der Waals surface area contributed by atoms with E-state index < -0.39 is 0 Å². The van der Waals surface area contributed by atoms with Crippen LogP contribution in [0.5, 0.6) is 0 Å². The summed E-state index contributed by atoms with van der Waals surface area (Å²) in [5, 5.41) is 9.82. The van der Waals surface area contributed by atoms with E-state index in [9.17, 15) is 5.11 Å². The monoisotopic (exact) mass is 223 g/mol. The van der Waals surface area contributed by atoms with Crippen molar-refractivity contribution in [3.63, 3.8) is 0 Å². The van der Waals surface area contributed by atoms with Crippen molar-refractivity contribution in [2.75, 3.05) is 0 Å². The first-order valence-corrected chi connectivity index (χ1v) is 6.66. The molecular formula is C14H25NO. The number of unbranched alkanes of at least 4 members (excludes halogenated alkanes) is 6. The molecule has 1 unspecified atom stereocenters. The summed E-state index contributed by atoms with van der Waals surface area (Å²) in [6.45, 7) is 2.24. The van der Waals surface area contributed by atoms with Gasteiger partial charge in [-0.3, -0.25) is 0 Å². The average Bonchev–Trinajstić information content (AvgIpc) is 2.81. The summed E-state index contributed by atoms with van der Waals surface area (Å²) in [5.74, 6) is 0. The second-order valence-electron chi connectivity index (χ2n) is 4.55. The predicted octanol–water partition coefficient (Wildman–Crippen LogP) is 4.19. The van der Waals surface area contributed by atoms with Gasteiger partial charge < -0.3 is 10.1 Å². The van der Waals surface area contributed by atoms with Crippen LogP contribution in [0.25, 0.3) is 0 Å². The molecule has 1 aromatic rings. The number of nitrogens with one attached hydrogen (secondary N) is 1. The van der Waals surface area contributed by atoms with Gasteiger partial charge in [0.15, 0.2) is 0 Å². The topological polar surface area (TPSA) is 36.0 Å². The van der Waals surface area contributed by atoms with E-state index in [0.29, 0.717) is 0 Å². The summed E-state index contributed by atoms with van der Waals surface area (Å²) >= 11 is 0. The van der Waals surface area contributed by atoms with E-state index in [1.807, 2.05) is 18.3 Å². The Labute approximate surface area is 99.1 Å². The van der Waals surface area contributed by atoms with E-state index in [2.05, 4.69) is 11.9 Å². The number of hydrogen-bond donors (Lipinski definition) is 2. The highest BCUT2D eigenvalue weighted by Gasteiger charge is 2.06. The fourth-order valence-electron chi connectivity index (χ4n) is 2.00.